The lowest BCUT2D eigenvalue weighted by molar-refractivity contribution is -0.110. The van der Waals surface area contributed by atoms with E-state index in [0.717, 1.165) is 0 Å². The largest absolute Gasteiger partial charge is 0.303 e. The third-order valence-electron chi connectivity index (χ3n) is 1.37. The van der Waals surface area contributed by atoms with E-state index in [1.165, 1.54) is 0 Å². The van der Waals surface area contributed by atoms with Gasteiger partial charge in [-0.25, -0.2) is 0 Å². The Labute approximate surface area is 57.2 Å². The van der Waals surface area contributed by atoms with Crippen molar-refractivity contribution in [3.63, 3.8) is 0 Å². The van der Waals surface area contributed by atoms with Crippen molar-refractivity contribution in [3.05, 3.63) is 0 Å². The second-order valence-electron chi connectivity index (χ2n) is 2.27. The molecule has 0 saturated carbocycles. The van der Waals surface area contributed by atoms with Crippen molar-refractivity contribution in [2.45, 2.75) is 6.42 Å². The van der Waals surface area contributed by atoms with Gasteiger partial charge in [0, 0.05) is 6.42 Å². The summed E-state index contributed by atoms with van der Waals surface area (Å²) in [7, 11) is 0. The van der Waals surface area contributed by atoms with Crippen molar-refractivity contribution in [1.29, 1.82) is 0 Å². The zero-order valence-corrected chi connectivity index (χ0v) is 5.45. The first-order chi connectivity index (χ1) is 4.74. The molecule has 10 heavy (non-hydrogen) atoms. The number of carbonyl (C=O) groups excluding carboxylic acids is 1. The molecule has 0 rings (SSSR count). The van der Waals surface area contributed by atoms with Crippen molar-refractivity contribution < 1.29 is 18.0 Å². The molecule has 0 saturated heterocycles. The maximum atomic E-state index is 11.9. The topological polar surface area (TPSA) is 17.1 Å². The van der Waals surface area contributed by atoms with Gasteiger partial charge >= 0.3 is 0 Å². The SMILES string of the molecule is O=CCC(CF)(CF)CF. The minimum atomic E-state index is -1.69. The van der Waals surface area contributed by atoms with Gasteiger partial charge in [-0.1, -0.05) is 0 Å². The fourth-order valence-corrected chi connectivity index (χ4v) is 0.448. The fraction of sp³-hybridized carbons (Fsp3) is 0.833. The molecule has 0 aromatic rings. The molecule has 1 nitrogen and oxygen atoms in total. The first kappa shape index (κ1) is 9.46. The molecule has 0 unspecified atom stereocenters. The Kier molecular flexibility index (Phi) is 4.07. The summed E-state index contributed by atoms with van der Waals surface area (Å²) < 4.78 is 35.6. The predicted octanol–water partition coefficient (Wildman–Crippen LogP) is 1.47. The highest BCUT2D eigenvalue weighted by Gasteiger charge is 2.30. The van der Waals surface area contributed by atoms with Gasteiger partial charge in [0.25, 0.3) is 0 Å². The van der Waals surface area contributed by atoms with E-state index in [1.807, 2.05) is 0 Å². The van der Waals surface area contributed by atoms with Crippen molar-refractivity contribution in [2.24, 2.45) is 5.41 Å². The third-order valence-corrected chi connectivity index (χ3v) is 1.37. The van der Waals surface area contributed by atoms with Gasteiger partial charge in [0.1, 0.15) is 26.3 Å². The lowest BCUT2D eigenvalue weighted by Crippen LogP contribution is -2.29. The summed E-state index contributed by atoms with van der Waals surface area (Å²) in [5, 5.41) is 0. The highest BCUT2D eigenvalue weighted by atomic mass is 19.1. The minimum Gasteiger partial charge on any atom is -0.303 e. The lowest BCUT2D eigenvalue weighted by atomic mass is 9.90. The molecule has 0 heterocycles. The van der Waals surface area contributed by atoms with Crippen LogP contribution in [0, 0.1) is 5.41 Å². The van der Waals surface area contributed by atoms with Gasteiger partial charge in [0.2, 0.25) is 0 Å². The summed E-state index contributed by atoms with van der Waals surface area (Å²) >= 11 is 0. The van der Waals surface area contributed by atoms with Crippen LogP contribution < -0.4 is 0 Å². The molecule has 0 atom stereocenters. The van der Waals surface area contributed by atoms with E-state index in [4.69, 9.17) is 0 Å². The zero-order valence-electron chi connectivity index (χ0n) is 5.45. The first-order valence-corrected chi connectivity index (χ1v) is 2.86. The van der Waals surface area contributed by atoms with Gasteiger partial charge < -0.3 is 4.79 Å². The van der Waals surface area contributed by atoms with Crippen LogP contribution >= 0.6 is 0 Å². The van der Waals surface area contributed by atoms with E-state index in [0.29, 0.717) is 6.29 Å². The Morgan fingerprint density at radius 1 is 1.10 bits per heavy atom. The van der Waals surface area contributed by atoms with Gasteiger partial charge in [0.15, 0.2) is 0 Å². The van der Waals surface area contributed by atoms with E-state index in [9.17, 15) is 18.0 Å². The number of rotatable bonds is 5. The highest BCUT2D eigenvalue weighted by molar-refractivity contribution is 5.50. The number of carbonyl (C=O) groups is 1. The Balaban J connectivity index is 4.00. The molecule has 0 aromatic heterocycles. The fourth-order valence-electron chi connectivity index (χ4n) is 0.448. The van der Waals surface area contributed by atoms with Gasteiger partial charge in [0.05, 0.1) is 5.41 Å². The molecule has 0 aliphatic heterocycles. The van der Waals surface area contributed by atoms with Crippen LogP contribution in [0.25, 0.3) is 0 Å². The maximum absolute atomic E-state index is 11.9. The highest BCUT2D eigenvalue weighted by Crippen LogP contribution is 2.22. The van der Waals surface area contributed by atoms with Gasteiger partial charge in [-0.15, -0.1) is 0 Å². The number of aldehydes is 1. The van der Waals surface area contributed by atoms with E-state index >= 15 is 0 Å². The predicted molar refractivity (Wildman–Crippen MR) is 31.0 cm³/mol. The summed E-state index contributed by atoms with van der Waals surface area (Å²) in [5.41, 5.74) is -1.69. The molecule has 60 valence electrons. The van der Waals surface area contributed by atoms with Crippen molar-refractivity contribution in [2.75, 3.05) is 20.0 Å². The molecule has 0 aliphatic carbocycles. The minimum absolute atomic E-state index is 0.332. The quantitative estimate of drug-likeness (QED) is 0.548. The molecule has 4 heteroatoms. The average molecular weight is 154 g/mol. The molecule has 0 radical (unpaired) electrons. The van der Waals surface area contributed by atoms with Crippen LogP contribution in [-0.2, 0) is 4.79 Å². The van der Waals surface area contributed by atoms with Crippen LogP contribution in [0.4, 0.5) is 13.2 Å². The summed E-state index contributed by atoms with van der Waals surface area (Å²) in [6, 6.07) is 0. The van der Waals surface area contributed by atoms with Gasteiger partial charge in [-0.05, 0) is 0 Å². The molecule has 0 spiro atoms. The smallest absolute Gasteiger partial charge is 0.120 e. The monoisotopic (exact) mass is 154 g/mol. The number of hydrogen-bond acceptors (Lipinski definition) is 1. The molecular weight excluding hydrogens is 145 g/mol. The van der Waals surface area contributed by atoms with Crippen molar-refractivity contribution in [1.82, 2.24) is 0 Å². The summed E-state index contributed by atoms with van der Waals surface area (Å²) in [6.07, 6.45) is -0.0603. The second kappa shape index (κ2) is 4.30. The third kappa shape index (κ3) is 2.01. The van der Waals surface area contributed by atoms with Crippen LogP contribution in [0.3, 0.4) is 0 Å². The van der Waals surface area contributed by atoms with Crippen LogP contribution in [0.5, 0.6) is 0 Å². The standard InChI is InChI=1S/C6H9F3O/c7-3-6(4-8,5-9)1-2-10/h2H,1,3-5H2. The molecule has 0 N–H and O–H groups in total. The van der Waals surface area contributed by atoms with Crippen molar-refractivity contribution in [3.8, 4) is 0 Å². The van der Waals surface area contributed by atoms with E-state index in [2.05, 4.69) is 0 Å². The molecule has 0 aliphatic rings. The Hall–Kier alpha value is -0.540. The Morgan fingerprint density at radius 2 is 1.50 bits per heavy atom. The summed E-state index contributed by atoms with van der Waals surface area (Å²) in [6.45, 7) is -3.38. The van der Waals surface area contributed by atoms with E-state index < -0.39 is 31.9 Å². The molecule has 0 fully saturated rings. The molecule has 0 bridgehead atoms. The van der Waals surface area contributed by atoms with Crippen LogP contribution in [-0.4, -0.2) is 26.3 Å². The van der Waals surface area contributed by atoms with E-state index in [1.54, 1.807) is 0 Å². The van der Waals surface area contributed by atoms with Crippen LogP contribution in [0.1, 0.15) is 6.42 Å². The average Bonchev–Trinajstić information content (AvgIpc) is 2.01. The molecule has 0 aromatic carbocycles. The molecular formula is C6H9F3O. The van der Waals surface area contributed by atoms with Crippen molar-refractivity contribution >= 4 is 6.29 Å². The zero-order chi connectivity index (χ0) is 8.04. The van der Waals surface area contributed by atoms with Crippen LogP contribution in [0.15, 0.2) is 0 Å². The summed E-state index contributed by atoms with van der Waals surface area (Å²) in [5.74, 6) is 0. The van der Waals surface area contributed by atoms with Gasteiger partial charge in [-0.3, -0.25) is 13.2 Å². The van der Waals surface area contributed by atoms with Gasteiger partial charge in [-0.2, -0.15) is 0 Å². The Morgan fingerprint density at radius 3 is 1.60 bits per heavy atom. The number of alkyl halides is 3. The normalized spacial score (nSPS) is 11.5. The molecule has 0 amide bonds. The first-order valence-electron chi connectivity index (χ1n) is 2.86. The summed E-state index contributed by atoms with van der Waals surface area (Å²) in [4.78, 5) is 9.80. The number of hydrogen-bond donors (Lipinski definition) is 0. The Bertz CT molecular complexity index is 92.9. The number of halogens is 3. The lowest BCUT2D eigenvalue weighted by Gasteiger charge is -2.20. The second-order valence-corrected chi connectivity index (χ2v) is 2.27. The maximum Gasteiger partial charge on any atom is 0.120 e. The van der Waals surface area contributed by atoms with E-state index in [-0.39, 0.29) is 0 Å². The van der Waals surface area contributed by atoms with Crippen LogP contribution in [0.2, 0.25) is 0 Å².